The second-order valence-electron chi connectivity index (χ2n) is 8.09. The smallest absolute Gasteiger partial charge is 0.111 e. The molecule has 2 fully saturated rings. The van der Waals surface area contributed by atoms with Gasteiger partial charge in [0.1, 0.15) is 5.67 Å². The van der Waals surface area contributed by atoms with Crippen molar-refractivity contribution in [3.05, 3.63) is 41.3 Å². The molecule has 2 heterocycles. The highest BCUT2D eigenvalue weighted by Crippen LogP contribution is 2.59. The Kier molecular flexibility index (Phi) is 3.16. The average molecular weight is 345 g/mol. The summed E-state index contributed by atoms with van der Waals surface area (Å²) in [5, 5.41) is 0.787. The van der Waals surface area contributed by atoms with Gasteiger partial charge in [0, 0.05) is 16.1 Å². The molecule has 4 heteroatoms. The van der Waals surface area contributed by atoms with E-state index in [2.05, 4.69) is 15.6 Å². The zero-order valence-electron chi connectivity index (χ0n) is 13.8. The van der Waals surface area contributed by atoms with Gasteiger partial charge in [0.15, 0.2) is 0 Å². The van der Waals surface area contributed by atoms with Crippen molar-refractivity contribution in [2.75, 3.05) is 0 Å². The van der Waals surface area contributed by atoms with Crippen LogP contribution in [-0.4, -0.2) is 15.2 Å². The Labute approximate surface area is 147 Å². The van der Waals surface area contributed by atoms with E-state index in [1.54, 1.807) is 0 Å². The monoisotopic (exact) mass is 344 g/mol. The lowest BCUT2D eigenvalue weighted by atomic mass is 9.75. The number of hydrogen-bond donors (Lipinski definition) is 0. The van der Waals surface area contributed by atoms with Crippen molar-refractivity contribution in [3.8, 4) is 11.3 Å². The quantitative estimate of drug-likeness (QED) is 0.672. The third kappa shape index (κ3) is 2.24. The van der Waals surface area contributed by atoms with E-state index in [0.29, 0.717) is 11.8 Å². The number of fused-ring (bicyclic) bond motifs is 3. The van der Waals surface area contributed by atoms with Crippen molar-refractivity contribution in [2.24, 2.45) is 5.41 Å². The maximum absolute atomic E-state index is 15.3. The van der Waals surface area contributed by atoms with Crippen LogP contribution in [0.4, 0.5) is 4.39 Å². The Morgan fingerprint density at radius 2 is 1.92 bits per heavy atom. The van der Waals surface area contributed by atoms with Crippen LogP contribution in [0.3, 0.4) is 0 Å². The Morgan fingerprint density at radius 3 is 2.67 bits per heavy atom. The molecule has 0 bridgehead atoms. The van der Waals surface area contributed by atoms with Crippen molar-refractivity contribution in [1.82, 2.24) is 9.55 Å². The molecule has 1 aliphatic heterocycles. The third-order valence-corrected chi connectivity index (χ3v) is 7.02. The van der Waals surface area contributed by atoms with Gasteiger partial charge in [-0.05, 0) is 62.8 Å². The minimum absolute atomic E-state index is 0.121. The highest BCUT2D eigenvalue weighted by molar-refractivity contribution is 6.32. The number of aromatic nitrogens is 2. The van der Waals surface area contributed by atoms with Gasteiger partial charge >= 0.3 is 0 Å². The van der Waals surface area contributed by atoms with Crippen LogP contribution in [0.2, 0.25) is 5.02 Å². The maximum Gasteiger partial charge on any atom is 0.111 e. The number of imidazole rings is 1. The number of alkyl halides is 1. The molecule has 2 aliphatic carbocycles. The van der Waals surface area contributed by atoms with Gasteiger partial charge in [0.2, 0.25) is 0 Å². The molecule has 0 radical (unpaired) electrons. The molecule has 24 heavy (non-hydrogen) atoms. The molecule has 1 atom stereocenters. The first-order valence-corrected chi connectivity index (χ1v) is 9.47. The van der Waals surface area contributed by atoms with E-state index in [0.717, 1.165) is 53.9 Å². The lowest BCUT2D eigenvalue weighted by molar-refractivity contribution is 0.0629. The first-order chi connectivity index (χ1) is 11.6. The van der Waals surface area contributed by atoms with E-state index >= 15 is 4.39 Å². The van der Waals surface area contributed by atoms with E-state index in [4.69, 9.17) is 11.6 Å². The molecule has 0 N–H and O–H groups in total. The van der Waals surface area contributed by atoms with Crippen molar-refractivity contribution < 1.29 is 4.39 Å². The molecule has 1 aromatic heterocycles. The van der Waals surface area contributed by atoms with Gasteiger partial charge in [0.25, 0.3) is 0 Å². The summed E-state index contributed by atoms with van der Waals surface area (Å²) in [5.74, 6) is 0. The topological polar surface area (TPSA) is 17.8 Å². The maximum atomic E-state index is 15.3. The van der Waals surface area contributed by atoms with E-state index < -0.39 is 5.67 Å². The molecule has 0 amide bonds. The van der Waals surface area contributed by atoms with Gasteiger partial charge < -0.3 is 4.57 Å². The first-order valence-electron chi connectivity index (χ1n) is 9.09. The summed E-state index contributed by atoms with van der Waals surface area (Å²) in [6.07, 6.45) is 11.5. The number of halogens is 2. The molecule has 1 aromatic carbocycles. The fourth-order valence-corrected chi connectivity index (χ4v) is 5.13. The zero-order chi connectivity index (χ0) is 16.4. The van der Waals surface area contributed by atoms with E-state index in [-0.39, 0.29) is 6.04 Å². The number of rotatable bonds is 3. The van der Waals surface area contributed by atoms with Crippen LogP contribution >= 0.6 is 11.6 Å². The van der Waals surface area contributed by atoms with Crippen LogP contribution in [0, 0.1) is 5.41 Å². The number of nitrogens with zero attached hydrogens (tertiary/aromatic N) is 2. The summed E-state index contributed by atoms with van der Waals surface area (Å²) in [6, 6.07) is 6.14. The second kappa shape index (κ2) is 5.08. The summed E-state index contributed by atoms with van der Waals surface area (Å²) >= 11 is 6.49. The SMILES string of the molecule is FC1(CCC2c3c(Cl)cccc3-c3cncn32)CCC2(CC1)CC2. The van der Waals surface area contributed by atoms with Gasteiger partial charge in [-0.25, -0.2) is 9.37 Å². The van der Waals surface area contributed by atoms with Crippen molar-refractivity contribution in [3.63, 3.8) is 0 Å². The van der Waals surface area contributed by atoms with Gasteiger partial charge in [-0.2, -0.15) is 0 Å². The largest absolute Gasteiger partial charge is 0.323 e. The van der Waals surface area contributed by atoms with Crippen LogP contribution < -0.4 is 0 Å². The minimum atomic E-state index is -0.988. The van der Waals surface area contributed by atoms with Gasteiger partial charge in [0.05, 0.1) is 24.3 Å². The normalized spacial score (nSPS) is 25.5. The highest BCUT2D eigenvalue weighted by atomic mass is 35.5. The van der Waals surface area contributed by atoms with Gasteiger partial charge in [-0.3, -0.25) is 0 Å². The minimum Gasteiger partial charge on any atom is -0.323 e. The third-order valence-electron chi connectivity index (χ3n) is 6.69. The standard InChI is InChI=1S/C20H22ClFN2/c21-15-3-1-2-14-17-12-23-13-24(17)16(18(14)15)4-5-20(22)10-8-19(6-7-19)9-11-20/h1-3,12-13,16H,4-11H2. The summed E-state index contributed by atoms with van der Waals surface area (Å²) in [7, 11) is 0. The Balaban J connectivity index is 1.38. The second-order valence-corrected chi connectivity index (χ2v) is 8.50. The predicted molar refractivity (Wildman–Crippen MR) is 94.0 cm³/mol. The van der Waals surface area contributed by atoms with Crippen LogP contribution in [-0.2, 0) is 0 Å². The number of benzene rings is 1. The van der Waals surface area contributed by atoms with E-state index in [1.165, 1.54) is 12.8 Å². The van der Waals surface area contributed by atoms with Gasteiger partial charge in [-0.15, -0.1) is 0 Å². The van der Waals surface area contributed by atoms with Gasteiger partial charge in [-0.1, -0.05) is 23.7 Å². The van der Waals surface area contributed by atoms with Crippen molar-refractivity contribution in [2.45, 2.75) is 63.1 Å². The Morgan fingerprint density at radius 1 is 1.17 bits per heavy atom. The van der Waals surface area contributed by atoms with Crippen LogP contribution in [0.5, 0.6) is 0 Å². The van der Waals surface area contributed by atoms with E-state index in [1.807, 2.05) is 24.7 Å². The molecule has 126 valence electrons. The molecule has 1 unspecified atom stereocenters. The Bertz CT molecular complexity index is 783. The summed E-state index contributed by atoms with van der Waals surface area (Å²) in [4.78, 5) is 4.29. The van der Waals surface area contributed by atoms with Crippen LogP contribution in [0.25, 0.3) is 11.3 Å². The molecular formula is C20H22ClFN2. The molecule has 1 spiro atoms. The number of hydrogen-bond acceptors (Lipinski definition) is 1. The fraction of sp³-hybridized carbons (Fsp3) is 0.550. The molecule has 5 rings (SSSR count). The van der Waals surface area contributed by atoms with Crippen molar-refractivity contribution >= 4 is 11.6 Å². The summed E-state index contributed by atoms with van der Waals surface area (Å²) in [6.45, 7) is 0. The van der Waals surface area contributed by atoms with E-state index in [9.17, 15) is 0 Å². The zero-order valence-corrected chi connectivity index (χ0v) is 14.5. The Hall–Kier alpha value is -1.35. The van der Waals surface area contributed by atoms with Crippen molar-refractivity contribution in [1.29, 1.82) is 0 Å². The first kappa shape index (κ1) is 14.9. The summed E-state index contributed by atoms with van der Waals surface area (Å²) in [5.41, 5.74) is 2.95. The summed E-state index contributed by atoms with van der Waals surface area (Å²) < 4.78 is 17.5. The molecule has 2 saturated carbocycles. The predicted octanol–water partition coefficient (Wildman–Crippen LogP) is 5.95. The average Bonchev–Trinajstić information content (AvgIpc) is 3.03. The van der Waals surface area contributed by atoms with Crippen LogP contribution in [0.15, 0.2) is 30.7 Å². The highest BCUT2D eigenvalue weighted by Gasteiger charge is 2.49. The van der Waals surface area contributed by atoms with Crippen LogP contribution in [0.1, 0.15) is 63.0 Å². The lowest BCUT2D eigenvalue weighted by Crippen LogP contribution is -2.31. The molecule has 2 nitrogen and oxygen atoms in total. The fourth-order valence-electron chi connectivity index (χ4n) is 4.83. The molecular weight excluding hydrogens is 323 g/mol. The molecule has 0 saturated heterocycles. The lowest BCUT2D eigenvalue weighted by Gasteiger charge is -2.35. The molecule has 3 aliphatic rings. The molecule has 2 aromatic rings.